The molecule has 104 valence electrons. The van der Waals surface area contributed by atoms with Crippen molar-refractivity contribution in [2.24, 2.45) is 7.05 Å². The van der Waals surface area contributed by atoms with Gasteiger partial charge in [-0.1, -0.05) is 0 Å². The Morgan fingerprint density at radius 1 is 1.40 bits per heavy atom. The Morgan fingerprint density at radius 3 is 2.70 bits per heavy atom. The van der Waals surface area contributed by atoms with Gasteiger partial charge in [-0.25, -0.2) is 0 Å². The minimum atomic E-state index is 0.0972. The largest absolute Gasteiger partial charge is 0.504 e. The highest BCUT2D eigenvalue weighted by Crippen LogP contribution is 2.28. The van der Waals surface area contributed by atoms with Crippen LogP contribution in [0.4, 0.5) is 5.69 Å². The molecule has 1 aromatic carbocycles. The zero-order valence-electron chi connectivity index (χ0n) is 11.8. The van der Waals surface area contributed by atoms with Crippen LogP contribution in [0.3, 0.4) is 0 Å². The molecule has 0 spiro atoms. The number of hydrogen-bond acceptors (Lipinski definition) is 4. The summed E-state index contributed by atoms with van der Waals surface area (Å²) in [5.41, 5.74) is 3.54. The molecule has 0 fully saturated rings. The molecule has 0 saturated carbocycles. The summed E-state index contributed by atoms with van der Waals surface area (Å²) in [6.45, 7) is 2.57. The van der Waals surface area contributed by atoms with E-state index in [1.54, 1.807) is 12.1 Å². The van der Waals surface area contributed by atoms with Crippen LogP contribution in [0.15, 0.2) is 24.3 Å². The third kappa shape index (κ3) is 2.54. The smallest absolute Gasteiger partial charge is 0.160 e. The Kier molecular flexibility index (Phi) is 3.85. The van der Waals surface area contributed by atoms with Crippen molar-refractivity contribution in [2.75, 3.05) is 12.4 Å². The molecule has 20 heavy (non-hydrogen) atoms. The predicted molar refractivity (Wildman–Crippen MR) is 76.9 cm³/mol. The van der Waals surface area contributed by atoms with E-state index in [1.165, 1.54) is 7.11 Å². The van der Waals surface area contributed by atoms with Crippen molar-refractivity contribution in [2.45, 2.75) is 13.5 Å². The molecule has 0 radical (unpaired) electrons. The van der Waals surface area contributed by atoms with Gasteiger partial charge in [-0.3, -0.25) is 0 Å². The molecule has 0 bridgehead atoms. The van der Waals surface area contributed by atoms with Gasteiger partial charge in [-0.15, -0.1) is 0 Å². The first-order valence-electron chi connectivity index (χ1n) is 6.23. The van der Waals surface area contributed by atoms with Crippen LogP contribution in [0.2, 0.25) is 0 Å². The van der Waals surface area contributed by atoms with Gasteiger partial charge in [0.25, 0.3) is 0 Å². The summed E-state index contributed by atoms with van der Waals surface area (Å²) in [4.78, 5) is 0. The van der Waals surface area contributed by atoms with Crippen molar-refractivity contribution >= 4 is 5.69 Å². The number of phenolic OH excluding ortho intramolecular Hbond substituents is 1. The SMILES string of the molecule is COc1ccc(NCc2cc(C#N)n(C)c2C)cc1O. The number of aromatic hydroxyl groups is 1. The third-order valence-corrected chi connectivity index (χ3v) is 3.42. The van der Waals surface area contributed by atoms with Gasteiger partial charge in [0.15, 0.2) is 11.5 Å². The van der Waals surface area contributed by atoms with E-state index < -0.39 is 0 Å². The summed E-state index contributed by atoms with van der Waals surface area (Å²) >= 11 is 0. The molecule has 0 amide bonds. The van der Waals surface area contributed by atoms with E-state index in [4.69, 9.17) is 10.00 Å². The van der Waals surface area contributed by atoms with Gasteiger partial charge < -0.3 is 19.7 Å². The quantitative estimate of drug-likeness (QED) is 0.896. The Balaban J connectivity index is 2.13. The Hall–Kier alpha value is -2.61. The molecule has 0 saturated heterocycles. The van der Waals surface area contributed by atoms with E-state index in [-0.39, 0.29) is 5.75 Å². The van der Waals surface area contributed by atoms with Crippen molar-refractivity contribution in [3.63, 3.8) is 0 Å². The number of nitrogens with zero attached hydrogens (tertiary/aromatic N) is 2. The summed E-state index contributed by atoms with van der Waals surface area (Å²) in [6.07, 6.45) is 0. The van der Waals surface area contributed by atoms with Crippen molar-refractivity contribution in [3.05, 3.63) is 41.2 Å². The lowest BCUT2D eigenvalue weighted by molar-refractivity contribution is 0.373. The minimum absolute atomic E-state index is 0.0972. The van der Waals surface area contributed by atoms with Crippen LogP contribution in [0.1, 0.15) is 17.0 Å². The fourth-order valence-corrected chi connectivity index (χ4v) is 2.05. The molecular formula is C15H17N3O2. The first kappa shape index (κ1) is 13.8. The fraction of sp³-hybridized carbons (Fsp3) is 0.267. The molecule has 0 aliphatic heterocycles. The second-order valence-corrected chi connectivity index (χ2v) is 4.55. The lowest BCUT2D eigenvalue weighted by Crippen LogP contribution is -2.01. The average molecular weight is 271 g/mol. The minimum Gasteiger partial charge on any atom is -0.504 e. The van der Waals surface area contributed by atoms with Gasteiger partial charge in [0.05, 0.1) is 7.11 Å². The number of nitriles is 1. The number of benzene rings is 1. The van der Waals surface area contributed by atoms with E-state index in [9.17, 15) is 5.11 Å². The number of phenols is 1. The molecule has 0 atom stereocenters. The monoisotopic (exact) mass is 271 g/mol. The average Bonchev–Trinajstić information content (AvgIpc) is 2.72. The number of anilines is 1. The summed E-state index contributed by atoms with van der Waals surface area (Å²) in [7, 11) is 3.38. The summed E-state index contributed by atoms with van der Waals surface area (Å²) in [5, 5.41) is 21.9. The van der Waals surface area contributed by atoms with Crippen LogP contribution in [-0.4, -0.2) is 16.8 Å². The van der Waals surface area contributed by atoms with Crippen molar-refractivity contribution < 1.29 is 9.84 Å². The first-order valence-corrected chi connectivity index (χ1v) is 6.23. The highest BCUT2D eigenvalue weighted by Gasteiger charge is 2.09. The third-order valence-electron chi connectivity index (χ3n) is 3.42. The summed E-state index contributed by atoms with van der Waals surface area (Å²) in [5.74, 6) is 0.540. The number of rotatable bonds is 4. The first-order chi connectivity index (χ1) is 9.56. The highest BCUT2D eigenvalue weighted by atomic mass is 16.5. The molecule has 0 aliphatic carbocycles. The lowest BCUT2D eigenvalue weighted by atomic mass is 10.2. The van der Waals surface area contributed by atoms with Crippen LogP contribution < -0.4 is 10.1 Å². The van der Waals surface area contributed by atoms with Crippen LogP contribution in [0.5, 0.6) is 11.5 Å². The van der Waals surface area contributed by atoms with Gasteiger partial charge >= 0.3 is 0 Å². The molecular weight excluding hydrogens is 254 g/mol. The molecule has 0 unspecified atom stereocenters. The number of methoxy groups -OCH3 is 1. The van der Waals surface area contributed by atoms with E-state index in [0.717, 1.165) is 16.9 Å². The molecule has 5 heteroatoms. The molecule has 1 aromatic heterocycles. The summed E-state index contributed by atoms with van der Waals surface area (Å²) in [6, 6.07) is 9.18. The normalized spacial score (nSPS) is 10.1. The van der Waals surface area contributed by atoms with Gasteiger partial charge in [0.1, 0.15) is 11.8 Å². The molecule has 2 rings (SSSR count). The number of aromatic nitrogens is 1. The van der Waals surface area contributed by atoms with Crippen molar-refractivity contribution in [1.29, 1.82) is 5.26 Å². The van der Waals surface area contributed by atoms with Crippen LogP contribution in [-0.2, 0) is 13.6 Å². The molecule has 1 heterocycles. The van der Waals surface area contributed by atoms with E-state index in [2.05, 4.69) is 11.4 Å². The van der Waals surface area contributed by atoms with E-state index in [0.29, 0.717) is 18.0 Å². The number of nitrogens with one attached hydrogen (secondary N) is 1. The predicted octanol–water partition coefficient (Wildman–Crippen LogP) is 2.53. The van der Waals surface area contributed by atoms with Gasteiger partial charge in [-0.2, -0.15) is 5.26 Å². The maximum Gasteiger partial charge on any atom is 0.160 e. The molecule has 2 N–H and O–H groups in total. The van der Waals surface area contributed by atoms with Crippen LogP contribution in [0, 0.1) is 18.3 Å². The fourth-order valence-electron chi connectivity index (χ4n) is 2.05. The molecule has 2 aromatic rings. The summed E-state index contributed by atoms with van der Waals surface area (Å²) < 4.78 is 6.86. The standard InChI is InChI=1S/C15H17N3O2/c1-10-11(6-13(8-16)18(10)2)9-17-12-4-5-15(20-3)14(19)7-12/h4-7,17,19H,9H2,1-3H3. The Labute approximate surface area is 118 Å². The van der Waals surface area contributed by atoms with E-state index >= 15 is 0 Å². The van der Waals surface area contributed by atoms with Gasteiger partial charge in [0, 0.05) is 31.0 Å². The van der Waals surface area contributed by atoms with Crippen molar-refractivity contribution in [1.82, 2.24) is 4.57 Å². The second-order valence-electron chi connectivity index (χ2n) is 4.55. The Bertz CT molecular complexity index is 668. The van der Waals surface area contributed by atoms with E-state index in [1.807, 2.05) is 30.7 Å². The highest BCUT2D eigenvalue weighted by molar-refractivity contribution is 5.54. The van der Waals surface area contributed by atoms with Crippen molar-refractivity contribution in [3.8, 4) is 17.6 Å². The second kappa shape index (κ2) is 5.57. The lowest BCUT2D eigenvalue weighted by Gasteiger charge is -2.09. The van der Waals surface area contributed by atoms with Gasteiger partial charge in [-0.05, 0) is 30.7 Å². The number of ether oxygens (including phenoxy) is 1. The maximum absolute atomic E-state index is 9.72. The zero-order chi connectivity index (χ0) is 14.7. The zero-order valence-corrected chi connectivity index (χ0v) is 11.8. The Morgan fingerprint density at radius 2 is 2.15 bits per heavy atom. The van der Waals surface area contributed by atoms with Crippen LogP contribution >= 0.6 is 0 Å². The molecule has 5 nitrogen and oxygen atoms in total. The topological polar surface area (TPSA) is 70.2 Å². The molecule has 0 aliphatic rings. The van der Waals surface area contributed by atoms with Crippen LogP contribution in [0.25, 0.3) is 0 Å². The number of hydrogen-bond donors (Lipinski definition) is 2. The maximum atomic E-state index is 9.72. The van der Waals surface area contributed by atoms with Gasteiger partial charge in [0.2, 0.25) is 0 Å².